The monoisotopic (exact) mass is 359 g/mol. The van der Waals surface area contributed by atoms with Gasteiger partial charge in [0.1, 0.15) is 5.78 Å². The van der Waals surface area contributed by atoms with Gasteiger partial charge in [-0.25, -0.2) is 0 Å². The van der Waals surface area contributed by atoms with E-state index in [0.717, 1.165) is 19.4 Å². The van der Waals surface area contributed by atoms with E-state index in [1.807, 2.05) is 11.9 Å². The Balaban J connectivity index is 1.63. The van der Waals surface area contributed by atoms with Crippen molar-refractivity contribution in [2.24, 2.45) is 22.7 Å². The molecule has 1 aromatic carbocycles. The number of fused-ring (bicyclic) bond motifs is 2. The first-order valence-electron chi connectivity index (χ1n) is 9.78. The minimum absolute atomic E-state index is 0.116. The van der Waals surface area contributed by atoms with Crippen molar-refractivity contribution in [2.45, 2.75) is 52.7 Å². The van der Waals surface area contributed by atoms with Crippen molar-refractivity contribution in [3.05, 3.63) is 35.4 Å². The van der Waals surface area contributed by atoms with Gasteiger partial charge < -0.3 is 10.2 Å². The summed E-state index contributed by atoms with van der Waals surface area (Å²) < 4.78 is 0. The van der Waals surface area contributed by atoms with Crippen LogP contribution in [0.5, 0.6) is 0 Å². The van der Waals surface area contributed by atoms with Crippen LogP contribution in [0.2, 0.25) is 0 Å². The van der Waals surface area contributed by atoms with Crippen molar-refractivity contribution in [1.82, 2.24) is 4.90 Å². The number of likely N-dealkylation sites (N-methyl/N-ethyl adjacent to an activating group) is 1. The van der Waals surface area contributed by atoms with Crippen LogP contribution in [0.4, 0.5) is 0 Å². The Hall–Kier alpha value is -1.23. The molecule has 0 saturated heterocycles. The smallest absolute Gasteiger partial charge is 0.142 e. The number of Topliss-reactive ketones (excluding diaryl/α,β-unsaturated/α-hetero) is 1. The molecule has 4 atom stereocenters. The minimum atomic E-state index is -0.701. The number of benzene rings is 1. The summed E-state index contributed by atoms with van der Waals surface area (Å²) in [6, 6.07) is 8.50. The fourth-order valence-corrected chi connectivity index (χ4v) is 5.34. The first-order chi connectivity index (χ1) is 12.2. The topological polar surface area (TPSA) is 60.8 Å². The maximum Gasteiger partial charge on any atom is 0.142 e. The Labute approximate surface area is 157 Å². The summed E-state index contributed by atoms with van der Waals surface area (Å²) >= 11 is 0. The molecule has 26 heavy (non-hydrogen) atoms. The van der Waals surface area contributed by atoms with Gasteiger partial charge in [-0.15, -0.1) is 0 Å². The zero-order chi connectivity index (χ0) is 19.1. The molecule has 0 radical (unpaired) electrons. The molecule has 1 aromatic rings. The molecular formula is C22H33NO3. The van der Waals surface area contributed by atoms with E-state index < -0.39 is 6.10 Å². The molecule has 2 fully saturated rings. The van der Waals surface area contributed by atoms with Crippen LogP contribution in [-0.2, 0) is 17.8 Å². The lowest BCUT2D eigenvalue weighted by Crippen LogP contribution is -2.33. The lowest BCUT2D eigenvalue weighted by Gasteiger charge is -2.32. The van der Waals surface area contributed by atoms with Crippen molar-refractivity contribution in [3.63, 3.8) is 0 Å². The third-order valence-corrected chi connectivity index (χ3v) is 7.33. The van der Waals surface area contributed by atoms with Gasteiger partial charge in [-0.05, 0) is 48.8 Å². The van der Waals surface area contributed by atoms with Crippen LogP contribution >= 0.6 is 0 Å². The van der Waals surface area contributed by atoms with Gasteiger partial charge in [-0.1, -0.05) is 45.0 Å². The highest BCUT2D eigenvalue weighted by Gasteiger charge is 2.65. The Kier molecular flexibility index (Phi) is 5.31. The van der Waals surface area contributed by atoms with Gasteiger partial charge in [0.05, 0.1) is 12.7 Å². The average molecular weight is 360 g/mol. The number of carbonyl (C=O) groups excluding carboxylic acids is 1. The summed E-state index contributed by atoms with van der Waals surface area (Å²) in [5.74, 6) is 1.14. The molecule has 2 aliphatic rings. The second kappa shape index (κ2) is 7.06. The standard InChI is InChI=1S/C22H33NO3/c1-21(2)19-9-10-22(21,3)20(26)18(19)11-15-5-7-16(8-6-15)12-23(4)13-17(25)14-24/h5-8,17-19,24-25H,9-14H2,1-4H3. The number of carbonyl (C=O) groups is 1. The van der Waals surface area contributed by atoms with Gasteiger partial charge in [0.25, 0.3) is 0 Å². The quantitative estimate of drug-likeness (QED) is 0.786. The SMILES string of the molecule is CN(Cc1ccc(CC2C(=O)C3(C)CCC2C3(C)C)cc1)CC(O)CO. The molecule has 2 N–H and O–H groups in total. The fourth-order valence-electron chi connectivity index (χ4n) is 5.34. The maximum absolute atomic E-state index is 13.0. The van der Waals surface area contributed by atoms with E-state index in [4.69, 9.17) is 5.11 Å². The van der Waals surface area contributed by atoms with Crippen LogP contribution in [0.3, 0.4) is 0 Å². The third-order valence-electron chi connectivity index (χ3n) is 7.33. The normalized spacial score (nSPS) is 31.0. The molecule has 0 amide bonds. The van der Waals surface area contributed by atoms with Gasteiger partial charge in [0, 0.05) is 24.4 Å². The number of rotatable bonds is 7. The van der Waals surface area contributed by atoms with Crippen molar-refractivity contribution < 1.29 is 15.0 Å². The molecule has 3 rings (SSSR count). The lowest BCUT2D eigenvalue weighted by atomic mass is 9.70. The maximum atomic E-state index is 13.0. The minimum Gasteiger partial charge on any atom is -0.394 e. The molecule has 2 aliphatic carbocycles. The van der Waals surface area contributed by atoms with Gasteiger partial charge >= 0.3 is 0 Å². The molecule has 2 bridgehead atoms. The van der Waals surface area contributed by atoms with E-state index in [2.05, 4.69) is 45.0 Å². The molecule has 0 aromatic heterocycles. The van der Waals surface area contributed by atoms with E-state index in [9.17, 15) is 9.90 Å². The zero-order valence-electron chi connectivity index (χ0n) is 16.5. The van der Waals surface area contributed by atoms with Crippen molar-refractivity contribution >= 4 is 5.78 Å². The molecule has 4 nitrogen and oxygen atoms in total. The van der Waals surface area contributed by atoms with Crippen molar-refractivity contribution in [3.8, 4) is 0 Å². The Morgan fingerprint density at radius 3 is 2.35 bits per heavy atom. The number of ketones is 1. The van der Waals surface area contributed by atoms with Gasteiger partial charge in [0.2, 0.25) is 0 Å². The van der Waals surface area contributed by atoms with Crippen LogP contribution in [0.25, 0.3) is 0 Å². The second-order valence-corrected chi connectivity index (χ2v) is 9.22. The number of nitrogens with zero attached hydrogens (tertiary/aromatic N) is 1. The summed E-state index contributed by atoms with van der Waals surface area (Å²) in [7, 11) is 1.93. The number of hydrogen-bond acceptors (Lipinski definition) is 4. The van der Waals surface area contributed by atoms with Crippen LogP contribution < -0.4 is 0 Å². The molecule has 0 spiro atoms. The highest BCUT2D eigenvalue weighted by molar-refractivity contribution is 5.91. The van der Waals surface area contributed by atoms with Crippen LogP contribution in [-0.4, -0.2) is 47.2 Å². The molecular weight excluding hydrogens is 326 g/mol. The first kappa shape index (κ1) is 19.5. The predicted octanol–water partition coefficient (Wildman–Crippen LogP) is 2.66. The number of aliphatic hydroxyl groups excluding tert-OH is 2. The molecule has 4 unspecified atom stereocenters. The molecule has 2 saturated carbocycles. The summed E-state index contributed by atoms with van der Waals surface area (Å²) in [5.41, 5.74) is 2.38. The largest absolute Gasteiger partial charge is 0.394 e. The van der Waals surface area contributed by atoms with Crippen molar-refractivity contribution in [2.75, 3.05) is 20.2 Å². The Bertz CT molecular complexity index is 654. The van der Waals surface area contributed by atoms with Gasteiger partial charge in [0.15, 0.2) is 0 Å². The molecule has 4 heteroatoms. The molecule has 0 aliphatic heterocycles. The van der Waals surface area contributed by atoms with Crippen molar-refractivity contribution in [1.29, 1.82) is 0 Å². The molecule has 144 valence electrons. The Morgan fingerprint density at radius 1 is 1.19 bits per heavy atom. The van der Waals surface area contributed by atoms with E-state index in [-0.39, 0.29) is 23.4 Å². The predicted molar refractivity (Wildman–Crippen MR) is 103 cm³/mol. The van der Waals surface area contributed by atoms with Crippen LogP contribution in [0, 0.1) is 22.7 Å². The van der Waals surface area contributed by atoms with E-state index in [0.29, 0.717) is 18.2 Å². The number of hydrogen-bond donors (Lipinski definition) is 2. The zero-order valence-corrected chi connectivity index (χ0v) is 16.5. The van der Waals surface area contributed by atoms with E-state index in [1.54, 1.807) is 0 Å². The van der Waals surface area contributed by atoms with E-state index in [1.165, 1.54) is 17.5 Å². The van der Waals surface area contributed by atoms with E-state index >= 15 is 0 Å². The first-order valence-corrected chi connectivity index (χ1v) is 9.78. The average Bonchev–Trinajstić information content (AvgIpc) is 2.90. The van der Waals surface area contributed by atoms with Crippen LogP contribution in [0.1, 0.15) is 44.7 Å². The highest BCUT2D eigenvalue weighted by Crippen LogP contribution is 2.66. The van der Waals surface area contributed by atoms with Crippen LogP contribution in [0.15, 0.2) is 24.3 Å². The summed E-state index contributed by atoms with van der Waals surface area (Å²) in [5, 5.41) is 18.5. The van der Waals surface area contributed by atoms with Gasteiger partial charge in [-0.3, -0.25) is 9.69 Å². The summed E-state index contributed by atoms with van der Waals surface area (Å²) in [4.78, 5) is 15.0. The highest BCUT2D eigenvalue weighted by atomic mass is 16.3. The Morgan fingerprint density at radius 2 is 1.81 bits per heavy atom. The fraction of sp³-hybridized carbons (Fsp3) is 0.682. The lowest BCUT2D eigenvalue weighted by molar-refractivity contribution is -0.131. The third kappa shape index (κ3) is 3.23. The summed E-state index contributed by atoms with van der Waals surface area (Å²) in [6.45, 7) is 7.70. The van der Waals surface area contributed by atoms with Gasteiger partial charge in [-0.2, -0.15) is 0 Å². The number of aliphatic hydroxyl groups is 2. The molecule has 0 heterocycles. The summed E-state index contributed by atoms with van der Waals surface area (Å²) in [6.07, 6.45) is 2.37. The second-order valence-electron chi connectivity index (χ2n) is 9.22.